The second-order valence-corrected chi connectivity index (χ2v) is 7.87. The number of aliphatic carboxylic acids is 6. The predicted octanol–water partition coefficient (Wildman–Crippen LogP) is -0.488. The number of rotatable bonds is 12. The first-order valence-electron chi connectivity index (χ1n) is 11.5. The molecule has 16 heteroatoms. The van der Waals surface area contributed by atoms with Gasteiger partial charge in [-0.2, -0.15) is 0 Å². The number of Topliss-reactive ketones (excluding diaryl/α,β-unsaturated/α-hetero) is 2. The van der Waals surface area contributed by atoms with Crippen LogP contribution >= 0.6 is 0 Å². The second kappa shape index (κ2) is 21.4. The van der Waals surface area contributed by atoms with Gasteiger partial charge in [0.1, 0.15) is 18.5 Å². The summed E-state index contributed by atoms with van der Waals surface area (Å²) in [6.07, 6.45) is -1.13. The Hall–Kier alpha value is -5.48. The number of nitrogens with two attached hydrogens (primary N) is 2. The molecular weight excluding hydrogens is 564 g/mol. The monoisotopic (exact) mass is 594 g/mol. The highest BCUT2D eigenvalue weighted by atomic mass is 16.4. The van der Waals surface area contributed by atoms with Gasteiger partial charge in [-0.05, 0) is 17.5 Å². The minimum atomic E-state index is -1.71. The number of carbonyl (C=O) groups is 8. The van der Waals surface area contributed by atoms with Crippen molar-refractivity contribution in [2.24, 2.45) is 11.5 Å². The molecular formula is C26H30N2O14. The van der Waals surface area contributed by atoms with Crippen molar-refractivity contribution in [3.8, 4) is 0 Å². The normalized spacial score (nSPS) is 10.7. The Kier molecular flexibility index (Phi) is 19.7. The van der Waals surface area contributed by atoms with Gasteiger partial charge in [0.25, 0.3) is 5.78 Å². The molecule has 42 heavy (non-hydrogen) atoms. The molecule has 0 bridgehead atoms. The van der Waals surface area contributed by atoms with Crippen molar-refractivity contribution in [3.05, 3.63) is 71.8 Å². The number of hydrogen-bond acceptors (Lipinski definition) is 10. The van der Waals surface area contributed by atoms with Crippen LogP contribution in [0, 0.1) is 0 Å². The number of ketones is 2. The Morgan fingerprint density at radius 2 is 0.952 bits per heavy atom. The number of benzene rings is 2. The first kappa shape index (κ1) is 38.7. The van der Waals surface area contributed by atoms with Gasteiger partial charge in [-0.25, -0.2) is 9.59 Å². The molecule has 0 aliphatic heterocycles. The fourth-order valence-electron chi connectivity index (χ4n) is 2.30. The number of hydrogen-bond donors (Lipinski definition) is 8. The van der Waals surface area contributed by atoms with E-state index in [0.29, 0.717) is 6.42 Å². The Bertz CT molecular complexity index is 1220. The van der Waals surface area contributed by atoms with Crippen molar-refractivity contribution in [1.29, 1.82) is 0 Å². The van der Waals surface area contributed by atoms with Crippen LogP contribution in [0.3, 0.4) is 0 Å². The van der Waals surface area contributed by atoms with Crippen LogP contribution in [0.5, 0.6) is 0 Å². The van der Waals surface area contributed by atoms with E-state index in [0.717, 1.165) is 11.1 Å². The third kappa shape index (κ3) is 21.5. The fraction of sp³-hybridized carbons (Fsp3) is 0.231. The molecule has 0 radical (unpaired) electrons. The van der Waals surface area contributed by atoms with Crippen molar-refractivity contribution in [1.82, 2.24) is 0 Å². The molecule has 0 aliphatic rings. The molecule has 2 atom stereocenters. The van der Waals surface area contributed by atoms with E-state index < -0.39 is 72.3 Å². The van der Waals surface area contributed by atoms with Gasteiger partial charge in [0.05, 0.1) is 6.42 Å². The van der Waals surface area contributed by atoms with Gasteiger partial charge in [0.15, 0.2) is 0 Å². The van der Waals surface area contributed by atoms with Crippen LogP contribution in [0.4, 0.5) is 0 Å². The maximum Gasteiger partial charge on any atom is 0.372 e. The Labute approximate surface area is 237 Å². The summed E-state index contributed by atoms with van der Waals surface area (Å²) in [5.74, 6) is -10.1. The maximum absolute atomic E-state index is 10.7. The molecule has 0 amide bonds. The predicted molar refractivity (Wildman–Crippen MR) is 141 cm³/mol. The molecule has 228 valence electrons. The highest BCUT2D eigenvalue weighted by molar-refractivity contribution is 6.35. The summed E-state index contributed by atoms with van der Waals surface area (Å²) in [5, 5.41) is 48.5. The molecule has 0 heterocycles. The number of carbonyl (C=O) groups excluding carboxylic acids is 2. The summed E-state index contributed by atoms with van der Waals surface area (Å²) in [4.78, 5) is 80.1. The molecule has 16 nitrogen and oxygen atoms in total. The number of carboxylic acids is 6. The first-order valence-corrected chi connectivity index (χ1v) is 11.5. The van der Waals surface area contributed by atoms with E-state index in [1.807, 2.05) is 36.4 Å². The third-order valence-electron chi connectivity index (χ3n) is 4.32. The van der Waals surface area contributed by atoms with Crippen LogP contribution in [0.2, 0.25) is 0 Å². The zero-order valence-electron chi connectivity index (χ0n) is 21.9. The summed E-state index contributed by atoms with van der Waals surface area (Å²) in [6, 6.07) is 16.1. The van der Waals surface area contributed by atoms with E-state index in [1.165, 1.54) is 0 Å². The van der Waals surface area contributed by atoms with Gasteiger partial charge < -0.3 is 42.1 Å². The van der Waals surface area contributed by atoms with Gasteiger partial charge in [-0.1, -0.05) is 60.7 Å². The summed E-state index contributed by atoms with van der Waals surface area (Å²) in [7, 11) is 0. The van der Waals surface area contributed by atoms with Crippen LogP contribution < -0.4 is 11.5 Å². The molecule has 10 N–H and O–H groups in total. The minimum absolute atomic E-state index is 0.0316. The van der Waals surface area contributed by atoms with Gasteiger partial charge in [-0.15, -0.1) is 0 Å². The van der Waals surface area contributed by atoms with E-state index in [9.17, 15) is 38.4 Å². The fourth-order valence-corrected chi connectivity index (χ4v) is 2.30. The quantitative estimate of drug-likeness (QED) is 0.113. The maximum atomic E-state index is 10.7. The zero-order valence-corrected chi connectivity index (χ0v) is 21.9. The van der Waals surface area contributed by atoms with E-state index in [4.69, 9.17) is 42.1 Å². The van der Waals surface area contributed by atoms with E-state index in [-0.39, 0.29) is 6.42 Å². The average molecular weight is 595 g/mol. The van der Waals surface area contributed by atoms with Crippen LogP contribution in [0.1, 0.15) is 24.0 Å². The SMILES string of the molecule is N[C@@H](CC(=O)O)C(=O)O.N[C@@H](Cc1ccccc1)C(=O)O.O=C(O)C(=O)Cc1ccccc1.O=C(O)CC(=O)C(=O)O. The lowest BCUT2D eigenvalue weighted by molar-refractivity contribution is -0.152. The van der Waals surface area contributed by atoms with E-state index in [2.05, 4.69) is 0 Å². The molecule has 2 rings (SSSR count). The zero-order chi connectivity index (χ0) is 32.8. The summed E-state index contributed by atoms with van der Waals surface area (Å²) >= 11 is 0. The molecule has 0 saturated heterocycles. The smallest absolute Gasteiger partial charge is 0.372 e. The Balaban J connectivity index is 0. The molecule has 0 unspecified atom stereocenters. The molecule has 0 fully saturated rings. The summed E-state index contributed by atoms with van der Waals surface area (Å²) in [6.45, 7) is 0. The van der Waals surface area contributed by atoms with Crippen molar-refractivity contribution in [2.75, 3.05) is 0 Å². The minimum Gasteiger partial charge on any atom is -0.481 e. The van der Waals surface area contributed by atoms with E-state index >= 15 is 0 Å². The molecule has 2 aromatic rings. The topological polar surface area (TPSA) is 310 Å². The standard InChI is InChI=1S/C9H11NO2.C9H8O3.C4H7NO4.C4H4O5/c2*10-8(9(11)12)6-7-4-2-1-3-5-7;2*5-2(4(8)9)1-3(6)7/h1-5,8H,6,10H2,(H,11,12);1-5H,6H2,(H,11,12);2H,1,5H2,(H,6,7)(H,8,9);1H2,(H,6,7)(H,8,9)/t8-;;2-;/m0.0./s1. The van der Waals surface area contributed by atoms with Crippen molar-refractivity contribution < 1.29 is 69.0 Å². The Morgan fingerprint density at radius 3 is 1.24 bits per heavy atom. The first-order chi connectivity index (χ1) is 19.5. The summed E-state index contributed by atoms with van der Waals surface area (Å²) in [5.41, 5.74) is 11.9. The lowest BCUT2D eigenvalue weighted by Crippen LogP contribution is -2.32. The lowest BCUT2D eigenvalue weighted by Gasteiger charge is -2.04. The Morgan fingerprint density at radius 1 is 0.548 bits per heavy atom. The molecule has 2 aromatic carbocycles. The number of carboxylic acid groups (broad SMARTS) is 6. The van der Waals surface area contributed by atoms with Gasteiger partial charge in [0, 0.05) is 6.42 Å². The average Bonchev–Trinajstić information content (AvgIpc) is 2.90. The van der Waals surface area contributed by atoms with E-state index in [1.54, 1.807) is 24.3 Å². The third-order valence-corrected chi connectivity index (χ3v) is 4.32. The van der Waals surface area contributed by atoms with Crippen LogP contribution in [-0.4, -0.2) is 90.1 Å². The van der Waals surface area contributed by atoms with Gasteiger partial charge in [-0.3, -0.25) is 28.8 Å². The molecule has 0 aliphatic carbocycles. The summed E-state index contributed by atoms with van der Waals surface area (Å²) < 4.78 is 0. The lowest BCUT2D eigenvalue weighted by atomic mass is 10.1. The van der Waals surface area contributed by atoms with Gasteiger partial charge >= 0.3 is 35.8 Å². The molecule has 0 spiro atoms. The highest BCUT2D eigenvalue weighted by Crippen LogP contribution is 2.01. The van der Waals surface area contributed by atoms with Crippen molar-refractivity contribution >= 4 is 47.4 Å². The molecule has 0 saturated carbocycles. The van der Waals surface area contributed by atoms with Crippen LogP contribution in [0.25, 0.3) is 0 Å². The highest BCUT2D eigenvalue weighted by Gasteiger charge is 2.15. The second-order valence-electron chi connectivity index (χ2n) is 7.87. The molecule has 0 aromatic heterocycles. The van der Waals surface area contributed by atoms with Crippen LogP contribution in [0.15, 0.2) is 60.7 Å². The largest absolute Gasteiger partial charge is 0.481 e. The van der Waals surface area contributed by atoms with Crippen molar-refractivity contribution in [2.45, 2.75) is 37.8 Å². The van der Waals surface area contributed by atoms with Gasteiger partial charge in [0.2, 0.25) is 5.78 Å². The van der Waals surface area contributed by atoms with Crippen LogP contribution in [-0.2, 0) is 51.2 Å². The van der Waals surface area contributed by atoms with Crippen molar-refractivity contribution in [3.63, 3.8) is 0 Å².